The molecular weight excluding hydrogens is 349 g/mol. The van der Waals surface area contributed by atoms with Crippen LogP contribution in [0.1, 0.15) is 32.0 Å². The van der Waals surface area contributed by atoms with Crippen molar-refractivity contribution >= 4 is 22.9 Å². The Bertz CT molecular complexity index is 861. The topological polar surface area (TPSA) is 65.6 Å². The van der Waals surface area contributed by atoms with E-state index in [1.54, 1.807) is 15.9 Å². The van der Waals surface area contributed by atoms with E-state index in [9.17, 15) is 14.0 Å². The Morgan fingerprint density at radius 3 is 2.41 bits per heavy atom. The van der Waals surface area contributed by atoms with E-state index in [0.717, 1.165) is 22.2 Å². The van der Waals surface area contributed by atoms with E-state index < -0.39 is 5.60 Å². The molecule has 1 fully saturated rings. The summed E-state index contributed by atoms with van der Waals surface area (Å²) in [5, 5.41) is 0.744. The fourth-order valence-corrected chi connectivity index (χ4v) is 3.31. The average Bonchev–Trinajstić information content (AvgIpc) is 2.89. The molecule has 2 heterocycles. The van der Waals surface area contributed by atoms with Crippen LogP contribution in [-0.4, -0.2) is 58.6 Å². The lowest BCUT2D eigenvalue weighted by atomic mass is 10.1. The Morgan fingerprint density at radius 1 is 1.15 bits per heavy atom. The molecule has 1 N–H and O–H groups in total. The first-order chi connectivity index (χ1) is 12.6. The van der Waals surface area contributed by atoms with Crippen molar-refractivity contribution in [3.05, 3.63) is 35.3 Å². The minimum Gasteiger partial charge on any atom is -0.444 e. The standard InChI is InChI=1S/C20H26FN3O3/c1-13-15(16-11-14(21)5-6-17(16)22-13)12-18(25)23-7-9-24(10-8-23)19(26)27-20(2,3)4/h5-6,11,22H,7-10,12H2,1-4H3. The average molecular weight is 375 g/mol. The summed E-state index contributed by atoms with van der Waals surface area (Å²) in [6.07, 6.45) is -0.139. The Balaban J connectivity index is 1.63. The highest BCUT2D eigenvalue weighted by molar-refractivity contribution is 5.90. The van der Waals surface area contributed by atoms with Crippen molar-refractivity contribution in [1.29, 1.82) is 0 Å². The zero-order valence-corrected chi connectivity index (χ0v) is 16.3. The Morgan fingerprint density at radius 2 is 1.78 bits per heavy atom. The summed E-state index contributed by atoms with van der Waals surface area (Å²) >= 11 is 0. The monoisotopic (exact) mass is 375 g/mol. The summed E-state index contributed by atoms with van der Waals surface area (Å²) in [4.78, 5) is 31.4. The SMILES string of the molecule is Cc1[nH]c2ccc(F)cc2c1CC(=O)N1CCN(C(=O)OC(C)(C)C)CC1. The molecule has 3 rings (SSSR count). The first-order valence-electron chi connectivity index (χ1n) is 9.16. The Hall–Kier alpha value is -2.57. The van der Waals surface area contributed by atoms with Gasteiger partial charge >= 0.3 is 6.09 Å². The van der Waals surface area contributed by atoms with Crippen molar-refractivity contribution in [3.63, 3.8) is 0 Å². The van der Waals surface area contributed by atoms with Crippen molar-refractivity contribution in [2.45, 2.75) is 39.7 Å². The fourth-order valence-electron chi connectivity index (χ4n) is 3.31. The number of amides is 2. The van der Waals surface area contributed by atoms with Crippen LogP contribution in [0.3, 0.4) is 0 Å². The lowest BCUT2D eigenvalue weighted by molar-refractivity contribution is -0.132. The molecule has 7 heteroatoms. The van der Waals surface area contributed by atoms with Crippen molar-refractivity contribution < 1.29 is 18.7 Å². The minimum atomic E-state index is -0.536. The number of carbonyl (C=O) groups is 2. The summed E-state index contributed by atoms with van der Waals surface area (Å²) < 4.78 is 19.0. The first kappa shape index (κ1) is 19.2. The van der Waals surface area contributed by atoms with Gasteiger partial charge in [0.25, 0.3) is 0 Å². The maximum atomic E-state index is 13.6. The zero-order chi connectivity index (χ0) is 19.8. The van der Waals surface area contributed by atoms with Crippen LogP contribution >= 0.6 is 0 Å². The van der Waals surface area contributed by atoms with E-state index in [2.05, 4.69) is 4.98 Å². The number of carbonyl (C=O) groups excluding carboxylic acids is 2. The van der Waals surface area contributed by atoms with Crippen LogP contribution in [0, 0.1) is 12.7 Å². The smallest absolute Gasteiger partial charge is 0.410 e. The van der Waals surface area contributed by atoms with E-state index in [1.165, 1.54) is 12.1 Å². The molecule has 2 aromatic rings. The van der Waals surface area contributed by atoms with Gasteiger partial charge < -0.3 is 19.5 Å². The predicted octanol–water partition coefficient (Wildman–Crippen LogP) is 3.24. The van der Waals surface area contributed by atoms with Gasteiger partial charge in [0.1, 0.15) is 11.4 Å². The molecule has 0 saturated carbocycles. The van der Waals surface area contributed by atoms with E-state index in [4.69, 9.17) is 4.74 Å². The van der Waals surface area contributed by atoms with E-state index in [0.29, 0.717) is 26.2 Å². The van der Waals surface area contributed by atoms with Crippen molar-refractivity contribution in [1.82, 2.24) is 14.8 Å². The van der Waals surface area contributed by atoms with Crippen molar-refractivity contribution in [3.8, 4) is 0 Å². The largest absolute Gasteiger partial charge is 0.444 e. The fraction of sp³-hybridized carbons (Fsp3) is 0.500. The Kier molecular flexibility index (Phi) is 5.13. The van der Waals surface area contributed by atoms with E-state index in [-0.39, 0.29) is 24.2 Å². The molecule has 0 spiro atoms. The lowest BCUT2D eigenvalue weighted by Gasteiger charge is -2.35. The quantitative estimate of drug-likeness (QED) is 0.876. The number of hydrogen-bond donors (Lipinski definition) is 1. The summed E-state index contributed by atoms with van der Waals surface area (Å²) in [5.41, 5.74) is 1.98. The third-order valence-corrected chi connectivity index (χ3v) is 4.69. The van der Waals surface area contributed by atoms with Crippen LogP contribution < -0.4 is 0 Å². The molecule has 1 saturated heterocycles. The molecule has 27 heavy (non-hydrogen) atoms. The van der Waals surface area contributed by atoms with Crippen LogP contribution in [0.15, 0.2) is 18.2 Å². The number of aryl methyl sites for hydroxylation is 1. The zero-order valence-electron chi connectivity index (χ0n) is 16.3. The van der Waals surface area contributed by atoms with Gasteiger partial charge in [0.05, 0.1) is 6.42 Å². The summed E-state index contributed by atoms with van der Waals surface area (Å²) in [6.45, 7) is 9.21. The van der Waals surface area contributed by atoms with Gasteiger partial charge in [-0.1, -0.05) is 0 Å². The lowest BCUT2D eigenvalue weighted by Crippen LogP contribution is -2.52. The number of rotatable bonds is 2. The number of nitrogens with one attached hydrogen (secondary N) is 1. The molecule has 146 valence electrons. The normalized spacial score (nSPS) is 15.3. The highest BCUT2D eigenvalue weighted by Gasteiger charge is 2.28. The van der Waals surface area contributed by atoms with Gasteiger partial charge in [0.15, 0.2) is 0 Å². The maximum Gasteiger partial charge on any atom is 0.410 e. The van der Waals surface area contributed by atoms with Crippen LogP contribution in [0.25, 0.3) is 10.9 Å². The second-order valence-electron chi connectivity index (χ2n) is 7.94. The van der Waals surface area contributed by atoms with Gasteiger partial charge in [0.2, 0.25) is 5.91 Å². The highest BCUT2D eigenvalue weighted by atomic mass is 19.1. The Labute approximate surface area is 158 Å². The second kappa shape index (κ2) is 7.21. The second-order valence-corrected chi connectivity index (χ2v) is 7.94. The minimum absolute atomic E-state index is 0.0212. The number of benzene rings is 1. The van der Waals surface area contributed by atoms with Gasteiger partial charge in [-0.25, -0.2) is 9.18 Å². The molecule has 0 unspecified atom stereocenters. The third-order valence-electron chi connectivity index (χ3n) is 4.69. The first-order valence-corrected chi connectivity index (χ1v) is 9.16. The van der Waals surface area contributed by atoms with Gasteiger partial charge in [-0.05, 0) is 51.5 Å². The number of piperazine rings is 1. The third kappa shape index (κ3) is 4.40. The molecule has 1 aliphatic rings. The molecule has 1 aliphatic heterocycles. The number of aromatic amines is 1. The molecule has 0 bridgehead atoms. The number of ether oxygens (including phenoxy) is 1. The summed E-state index contributed by atoms with van der Waals surface area (Å²) in [6, 6.07) is 4.55. The number of hydrogen-bond acceptors (Lipinski definition) is 3. The van der Waals surface area contributed by atoms with Gasteiger partial charge in [-0.3, -0.25) is 4.79 Å². The number of fused-ring (bicyclic) bond motifs is 1. The van der Waals surface area contributed by atoms with Gasteiger partial charge in [-0.2, -0.15) is 0 Å². The molecule has 2 amide bonds. The molecule has 0 radical (unpaired) electrons. The molecule has 1 aromatic carbocycles. The van der Waals surface area contributed by atoms with Gasteiger partial charge in [0, 0.05) is 42.8 Å². The van der Waals surface area contributed by atoms with Crippen LogP contribution in [0.5, 0.6) is 0 Å². The molecular formula is C20H26FN3O3. The van der Waals surface area contributed by atoms with E-state index >= 15 is 0 Å². The number of halogens is 1. The van der Waals surface area contributed by atoms with E-state index in [1.807, 2.05) is 27.7 Å². The van der Waals surface area contributed by atoms with Crippen LogP contribution in [-0.2, 0) is 16.0 Å². The molecule has 1 aromatic heterocycles. The van der Waals surface area contributed by atoms with Crippen LogP contribution in [0.2, 0.25) is 0 Å². The summed E-state index contributed by atoms with van der Waals surface area (Å²) in [7, 11) is 0. The summed E-state index contributed by atoms with van der Waals surface area (Å²) in [5.74, 6) is -0.340. The highest BCUT2D eigenvalue weighted by Crippen LogP contribution is 2.24. The predicted molar refractivity (Wildman–Crippen MR) is 101 cm³/mol. The number of H-pyrrole nitrogens is 1. The number of nitrogens with zero attached hydrogens (tertiary/aromatic N) is 2. The molecule has 0 aliphatic carbocycles. The van der Waals surface area contributed by atoms with Crippen molar-refractivity contribution in [2.75, 3.05) is 26.2 Å². The van der Waals surface area contributed by atoms with Crippen molar-refractivity contribution in [2.24, 2.45) is 0 Å². The number of aromatic nitrogens is 1. The molecule has 0 atom stereocenters. The van der Waals surface area contributed by atoms with Gasteiger partial charge in [-0.15, -0.1) is 0 Å². The maximum absolute atomic E-state index is 13.6. The molecule has 6 nitrogen and oxygen atoms in total. The van der Waals surface area contributed by atoms with Crippen LogP contribution in [0.4, 0.5) is 9.18 Å².